The minimum Gasteiger partial charge on any atom is -0.504 e. The minimum absolute atomic E-state index is 0.0667. The van der Waals surface area contributed by atoms with Gasteiger partial charge in [0.25, 0.3) is 0 Å². The Balaban J connectivity index is 2.73. The summed E-state index contributed by atoms with van der Waals surface area (Å²) in [4.78, 5) is 13.8. The summed E-state index contributed by atoms with van der Waals surface area (Å²) < 4.78 is 4.99. The third-order valence-electron chi connectivity index (χ3n) is 3.58. The quantitative estimate of drug-likeness (QED) is 0.832. The molecule has 0 bridgehead atoms. The van der Waals surface area contributed by atoms with Gasteiger partial charge in [0.1, 0.15) is 0 Å². The van der Waals surface area contributed by atoms with Crippen LogP contribution in [0.4, 0.5) is 0 Å². The van der Waals surface area contributed by atoms with Crippen molar-refractivity contribution < 1.29 is 14.6 Å². The van der Waals surface area contributed by atoms with Crippen molar-refractivity contribution in [3.05, 3.63) is 23.8 Å². The molecule has 2 atom stereocenters. The van der Waals surface area contributed by atoms with Crippen LogP contribution >= 0.6 is 0 Å². The van der Waals surface area contributed by atoms with Gasteiger partial charge in [-0.05, 0) is 23.6 Å². The van der Waals surface area contributed by atoms with E-state index in [1.165, 1.54) is 7.11 Å². The maximum Gasteiger partial charge on any atom is 0.239 e. The molecule has 5 heteroatoms. The van der Waals surface area contributed by atoms with Crippen LogP contribution in [0.2, 0.25) is 0 Å². The van der Waals surface area contributed by atoms with Crippen molar-refractivity contribution in [2.75, 3.05) is 14.2 Å². The number of nitrogens with zero attached hydrogens (tertiary/aromatic N) is 1. The number of carbonyl (C=O) groups is 1. The molecule has 0 saturated heterocycles. The van der Waals surface area contributed by atoms with E-state index in [-0.39, 0.29) is 17.6 Å². The zero-order chi connectivity index (χ0) is 15.3. The lowest BCUT2D eigenvalue weighted by atomic mass is 9.99. The van der Waals surface area contributed by atoms with Gasteiger partial charge in [0.2, 0.25) is 5.91 Å². The molecule has 1 aromatic rings. The van der Waals surface area contributed by atoms with E-state index < -0.39 is 6.04 Å². The van der Waals surface area contributed by atoms with Crippen LogP contribution in [0.25, 0.3) is 0 Å². The van der Waals surface area contributed by atoms with E-state index in [9.17, 15) is 9.90 Å². The number of ether oxygens (including phenoxy) is 1. The fourth-order valence-corrected chi connectivity index (χ4v) is 1.94. The number of phenols is 1. The predicted octanol–water partition coefficient (Wildman–Crippen LogP) is 1.73. The summed E-state index contributed by atoms with van der Waals surface area (Å²) in [6.45, 7) is 4.38. The highest BCUT2D eigenvalue weighted by Crippen LogP contribution is 2.26. The third-order valence-corrected chi connectivity index (χ3v) is 3.58. The van der Waals surface area contributed by atoms with Gasteiger partial charge in [0.15, 0.2) is 11.5 Å². The summed E-state index contributed by atoms with van der Waals surface area (Å²) in [6, 6.07) is 4.60. The number of amides is 1. The van der Waals surface area contributed by atoms with Gasteiger partial charge < -0.3 is 20.5 Å². The molecule has 0 aliphatic carbocycles. The second-order valence-corrected chi connectivity index (χ2v) is 5.11. The molecule has 0 radical (unpaired) electrons. The van der Waals surface area contributed by atoms with Crippen LogP contribution < -0.4 is 10.5 Å². The molecule has 5 nitrogen and oxygen atoms in total. The maximum absolute atomic E-state index is 12.2. The first-order chi connectivity index (χ1) is 9.40. The Kier molecular flexibility index (Phi) is 5.82. The number of likely N-dealkylation sites (N-methyl/N-ethyl adjacent to an activating group) is 1. The molecule has 3 N–H and O–H groups in total. The van der Waals surface area contributed by atoms with Gasteiger partial charge in [-0.1, -0.05) is 26.3 Å². The first kappa shape index (κ1) is 16.3. The SMILES string of the molecule is CCC(C)C(N)C(=O)N(C)Cc1ccc(OC)c(O)c1. The van der Waals surface area contributed by atoms with Gasteiger partial charge in [-0.2, -0.15) is 0 Å². The molecule has 0 heterocycles. The fourth-order valence-electron chi connectivity index (χ4n) is 1.94. The number of phenolic OH excluding ortho intramolecular Hbond substituents is 1. The number of hydrogen-bond donors (Lipinski definition) is 2. The Morgan fingerprint density at radius 1 is 1.50 bits per heavy atom. The average Bonchev–Trinajstić information content (AvgIpc) is 2.44. The molecule has 112 valence electrons. The number of nitrogens with two attached hydrogens (primary N) is 1. The average molecular weight is 280 g/mol. The van der Waals surface area contributed by atoms with Gasteiger partial charge in [-0.25, -0.2) is 0 Å². The van der Waals surface area contributed by atoms with Crippen molar-refractivity contribution in [1.82, 2.24) is 4.90 Å². The van der Waals surface area contributed by atoms with E-state index in [0.29, 0.717) is 12.3 Å². The van der Waals surface area contributed by atoms with Crippen molar-refractivity contribution in [3.8, 4) is 11.5 Å². The lowest BCUT2D eigenvalue weighted by molar-refractivity contribution is -0.132. The highest BCUT2D eigenvalue weighted by molar-refractivity contribution is 5.81. The molecule has 0 spiro atoms. The minimum atomic E-state index is -0.489. The molecule has 0 aliphatic heterocycles. The summed E-state index contributed by atoms with van der Waals surface area (Å²) in [6.07, 6.45) is 0.865. The van der Waals surface area contributed by atoms with E-state index >= 15 is 0 Å². The summed E-state index contributed by atoms with van der Waals surface area (Å²) in [5, 5.41) is 9.73. The highest BCUT2D eigenvalue weighted by atomic mass is 16.5. The van der Waals surface area contributed by atoms with E-state index in [2.05, 4.69) is 0 Å². The van der Waals surface area contributed by atoms with Crippen molar-refractivity contribution >= 4 is 5.91 Å². The van der Waals surface area contributed by atoms with Gasteiger partial charge in [-0.15, -0.1) is 0 Å². The number of carbonyl (C=O) groups excluding carboxylic acids is 1. The Morgan fingerprint density at radius 3 is 2.65 bits per heavy atom. The molecule has 20 heavy (non-hydrogen) atoms. The fraction of sp³-hybridized carbons (Fsp3) is 0.533. The number of methoxy groups -OCH3 is 1. The Morgan fingerprint density at radius 2 is 2.15 bits per heavy atom. The van der Waals surface area contributed by atoms with Crippen molar-refractivity contribution in [3.63, 3.8) is 0 Å². The van der Waals surface area contributed by atoms with Crippen LogP contribution in [0.3, 0.4) is 0 Å². The number of hydrogen-bond acceptors (Lipinski definition) is 4. The van der Waals surface area contributed by atoms with Gasteiger partial charge in [-0.3, -0.25) is 4.79 Å². The molecule has 0 aliphatic rings. The van der Waals surface area contributed by atoms with Crippen molar-refractivity contribution in [2.24, 2.45) is 11.7 Å². The van der Waals surface area contributed by atoms with Gasteiger partial charge in [0, 0.05) is 13.6 Å². The standard InChI is InChI=1S/C15H24N2O3/c1-5-10(2)14(16)15(19)17(3)9-11-6-7-13(20-4)12(18)8-11/h6-8,10,14,18H,5,9,16H2,1-4H3. The van der Waals surface area contributed by atoms with Crippen LogP contribution in [0, 0.1) is 5.92 Å². The molecule has 2 unspecified atom stereocenters. The molecular formula is C15H24N2O3. The number of aromatic hydroxyl groups is 1. The summed E-state index contributed by atoms with van der Waals surface area (Å²) in [5.41, 5.74) is 6.77. The van der Waals surface area contributed by atoms with Crippen LogP contribution in [-0.2, 0) is 11.3 Å². The first-order valence-electron chi connectivity index (χ1n) is 6.77. The summed E-state index contributed by atoms with van der Waals surface area (Å²) >= 11 is 0. The van der Waals surface area contributed by atoms with E-state index in [1.807, 2.05) is 19.9 Å². The molecule has 1 aromatic carbocycles. The zero-order valence-corrected chi connectivity index (χ0v) is 12.6. The van der Waals surface area contributed by atoms with Crippen LogP contribution in [-0.4, -0.2) is 36.1 Å². The third kappa shape index (κ3) is 3.87. The van der Waals surface area contributed by atoms with Crippen LogP contribution in [0.15, 0.2) is 18.2 Å². The largest absolute Gasteiger partial charge is 0.504 e. The molecule has 0 aromatic heterocycles. The molecular weight excluding hydrogens is 256 g/mol. The van der Waals surface area contributed by atoms with E-state index in [0.717, 1.165) is 12.0 Å². The summed E-state index contributed by atoms with van der Waals surface area (Å²) in [5.74, 6) is 0.542. The second kappa shape index (κ2) is 7.14. The van der Waals surface area contributed by atoms with Gasteiger partial charge in [0.05, 0.1) is 13.2 Å². The highest BCUT2D eigenvalue weighted by Gasteiger charge is 2.22. The van der Waals surface area contributed by atoms with Crippen LogP contribution in [0.5, 0.6) is 11.5 Å². The van der Waals surface area contributed by atoms with E-state index in [1.54, 1.807) is 24.1 Å². The maximum atomic E-state index is 12.2. The molecule has 1 amide bonds. The predicted molar refractivity (Wildman–Crippen MR) is 78.6 cm³/mol. The second-order valence-electron chi connectivity index (χ2n) is 5.11. The van der Waals surface area contributed by atoms with Crippen molar-refractivity contribution in [1.29, 1.82) is 0 Å². The van der Waals surface area contributed by atoms with E-state index in [4.69, 9.17) is 10.5 Å². The molecule has 0 fully saturated rings. The topological polar surface area (TPSA) is 75.8 Å². The Bertz CT molecular complexity index is 462. The zero-order valence-electron chi connectivity index (χ0n) is 12.6. The lowest BCUT2D eigenvalue weighted by Crippen LogP contribution is -2.45. The molecule has 0 saturated carbocycles. The number of benzene rings is 1. The normalized spacial score (nSPS) is 13.7. The first-order valence-corrected chi connectivity index (χ1v) is 6.77. The Labute approximate surface area is 120 Å². The lowest BCUT2D eigenvalue weighted by Gasteiger charge is -2.24. The Hall–Kier alpha value is -1.75. The molecule has 1 rings (SSSR count). The summed E-state index contributed by atoms with van der Waals surface area (Å²) in [7, 11) is 3.21. The van der Waals surface area contributed by atoms with Gasteiger partial charge >= 0.3 is 0 Å². The smallest absolute Gasteiger partial charge is 0.239 e. The number of rotatable bonds is 6. The van der Waals surface area contributed by atoms with Crippen molar-refractivity contribution in [2.45, 2.75) is 32.9 Å². The monoisotopic (exact) mass is 280 g/mol. The van der Waals surface area contributed by atoms with Crippen LogP contribution in [0.1, 0.15) is 25.8 Å².